The van der Waals surface area contributed by atoms with Crippen molar-refractivity contribution < 1.29 is 8.42 Å². The maximum absolute atomic E-state index is 12.4. The molecular formula is C15H23NO2S. The Labute approximate surface area is 116 Å². The topological polar surface area (TPSA) is 37.4 Å². The number of hydrogen-bond acceptors (Lipinski definition) is 2. The lowest BCUT2D eigenvalue weighted by Gasteiger charge is -2.35. The Balaban J connectivity index is 2.05. The van der Waals surface area contributed by atoms with Gasteiger partial charge in [0.15, 0.2) is 0 Å². The van der Waals surface area contributed by atoms with Crippen LogP contribution in [0.1, 0.15) is 45.1 Å². The van der Waals surface area contributed by atoms with Crippen molar-refractivity contribution >= 4 is 10.0 Å². The normalized spacial score (nSPS) is 19.5. The summed E-state index contributed by atoms with van der Waals surface area (Å²) in [5.74, 6) is 0.493. The molecule has 0 unspecified atom stereocenters. The van der Waals surface area contributed by atoms with Gasteiger partial charge in [0.05, 0.1) is 4.75 Å². The zero-order valence-electron chi connectivity index (χ0n) is 12.0. The summed E-state index contributed by atoms with van der Waals surface area (Å²) in [6.45, 7) is 6.58. The molecule has 1 heterocycles. The molecule has 1 saturated heterocycles. The van der Waals surface area contributed by atoms with Crippen molar-refractivity contribution in [3.63, 3.8) is 0 Å². The fourth-order valence-electron chi connectivity index (χ4n) is 2.54. The molecule has 3 nitrogen and oxygen atoms in total. The summed E-state index contributed by atoms with van der Waals surface area (Å²) in [5.41, 5.74) is 1.33. The van der Waals surface area contributed by atoms with Crippen LogP contribution in [0.3, 0.4) is 0 Å². The van der Waals surface area contributed by atoms with Crippen LogP contribution in [0.15, 0.2) is 30.3 Å². The Kier molecular flexibility index (Phi) is 4.02. The van der Waals surface area contributed by atoms with E-state index in [1.807, 2.05) is 18.2 Å². The van der Waals surface area contributed by atoms with Crippen LogP contribution in [-0.2, 0) is 10.0 Å². The van der Waals surface area contributed by atoms with Gasteiger partial charge < -0.3 is 0 Å². The van der Waals surface area contributed by atoms with Crippen LogP contribution in [0, 0.1) is 0 Å². The molecule has 1 aromatic rings. The molecule has 0 atom stereocenters. The SMILES string of the molecule is CC(C)(C)S(=O)(=O)N1CCC(c2ccccc2)CC1. The molecule has 1 aromatic carbocycles. The van der Waals surface area contributed by atoms with E-state index in [4.69, 9.17) is 0 Å². The van der Waals surface area contributed by atoms with E-state index in [9.17, 15) is 8.42 Å². The van der Waals surface area contributed by atoms with Crippen LogP contribution >= 0.6 is 0 Å². The van der Waals surface area contributed by atoms with Crippen LogP contribution in [0.2, 0.25) is 0 Å². The molecule has 106 valence electrons. The van der Waals surface area contributed by atoms with E-state index in [-0.39, 0.29) is 0 Å². The first-order valence-electron chi connectivity index (χ1n) is 6.87. The summed E-state index contributed by atoms with van der Waals surface area (Å²) < 4.78 is 25.7. The molecule has 0 spiro atoms. The molecule has 2 rings (SSSR count). The summed E-state index contributed by atoms with van der Waals surface area (Å²) in [6, 6.07) is 10.4. The average molecular weight is 281 g/mol. The van der Waals surface area contributed by atoms with Crippen LogP contribution in [0.4, 0.5) is 0 Å². The van der Waals surface area contributed by atoms with Gasteiger partial charge >= 0.3 is 0 Å². The number of piperidine rings is 1. The van der Waals surface area contributed by atoms with Gasteiger partial charge in [-0.05, 0) is 45.1 Å². The smallest absolute Gasteiger partial charge is 0.212 e. The van der Waals surface area contributed by atoms with Crippen molar-refractivity contribution in [2.75, 3.05) is 13.1 Å². The highest BCUT2D eigenvalue weighted by Gasteiger charge is 2.37. The summed E-state index contributed by atoms with van der Waals surface area (Å²) >= 11 is 0. The fourth-order valence-corrected chi connectivity index (χ4v) is 4.01. The van der Waals surface area contributed by atoms with Crippen LogP contribution in [0.25, 0.3) is 0 Å². The monoisotopic (exact) mass is 281 g/mol. The van der Waals surface area contributed by atoms with Gasteiger partial charge in [-0.3, -0.25) is 0 Å². The van der Waals surface area contributed by atoms with Gasteiger partial charge in [-0.2, -0.15) is 0 Å². The van der Waals surface area contributed by atoms with E-state index in [0.717, 1.165) is 12.8 Å². The standard InChI is InChI=1S/C15H23NO2S/c1-15(2,3)19(17,18)16-11-9-14(10-12-16)13-7-5-4-6-8-13/h4-8,14H,9-12H2,1-3H3. The molecule has 0 amide bonds. The average Bonchev–Trinajstić information content (AvgIpc) is 2.39. The van der Waals surface area contributed by atoms with Gasteiger partial charge in [0.2, 0.25) is 10.0 Å². The zero-order valence-corrected chi connectivity index (χ0v) is 12.8. The Morgan fingerprint density at radius 3 is 2.05 bits per heavy atom. The number of hydrogen-bond donors (Lipinski definition) is 0. The van der Waals surface area contributed by atoms with Crippen LogP contribution < -0.4 is 0 Å². The van der Waals surface area contributed by atoms with Crippen molar-refractivity contribution in [1.82, 2.24) is 4.31 Å². The third-order valence-electron chi connectivity index (χ3n) is 3.84. The van der Waals surface area contributed by atoms with Gasteiger partial charge in [0, 0.05) is 13.1 Å². The van der Waals surface area contributed by atoms with Crippen molar-refractivity contribution in [2.24, 2.45) is 0 Å². The number of rotatable bonds is 2. The second-order valence-corrected chi connectivity index (χ2v) is 8.89. The second kappa shape index (κ2) is 5.25. The maximum atomic E-state index is 12.4. The third kappa shape index (κ3) is 3.00. The number of benzene rings is 1. The molecule has 0 radical (unpaired) electrons. The molecule has 0 bridgehead atoms. The van der Waals surface area contributed by atoms with Gasteiger partial charge in [-0.15, -0.1) is 0 Å². The fraction of sp³-hybridized carbons (Fsp3) is 0.600. The predicted octanol–water partition coefficient (Wildman–Crippen LogP) is 2.99. The quantitative estimate of drug-likeness (QED) is 0.835. The van der Waals surface area contributed by atoms with E-state index in [1.54, 1.807) is 25.1 Å². The maximum Gasteiger partial charge on any atom is 0.219 e. The molecule has 19 heavy (non-hydrogen) atoms. The van der Waals surface area contributed by atoms with Crippen LogP contribution in [0.5, 0.6) is 0 Å². The highest BCUT2D eigenvalue weighted by Crippen LogP contribution is 2.31. The zero-order chi connectivity index (χ0) is 14.1. The van der Waals surface area contributed by atoms with E-state index in [2.05, 4.69) is 12.1 Å². The molecule has 1 aliphatic rings. The van der Waals surface area contributed by atoms with Gasteiger partial charge in [0.1, 0.15) is 0 Å². The lowest BCUT2D eigenvalue weighted by Crippen LogP contribution is -2.46. The van der Waals surface area contributed by atoms with E-state index in [0.29, 0.717) is 19.0 Å². The summed E-state index contributed by atoms with van der Waals surface area (Å²) in [6.07, 6.45) is 1.83. The Morgan fingerprint density at radius 1 is 1.05 bits per heavy atom. The second-order valence-electron chi connectivity index (χ2n) is 6.20. The summed E-state index contributed by atoms with van der Waals surface area (Å²) in [4.78, 5) is 0. The predicted molar refractivity (Wildman–Crippen MR) is 78.7 cm³/mol. The van der Waals surface area contributed by atoms with Crippen LogP contribution in [-0.4, -0.2) is 30.6 Å². The highest BCUT2D eigenvalue weighted by molar-refractivity contribution is 7.90. The lowest BCUT2D eigenvalue weighted by atomic mass is 9.90. The number of sulfonamides is 1. The van der Waals surface area contributed by atoms with Gasteiger partial charge in [-0.1, -0.05) is 30.3 Å². The van der Waals surface area contributed by atoms with Gasteiger partial charge in [-0.25, -0.2) is 12.7 Å². The first-order chi connectivity index (χ1) is 8.82. The highest BCUT2D eigenvalue weighted by atomic mass is 32.2. The van der Waals surface area contributed by atoms with E-state index < -0.39 is 14.8 Å². The molecule has 0 saturated carbocycles. The van der Waals surface area contributed by atoms with Crippen molar-refractivity contribution in [2.45, 2.75) is 44.3 Å². The molecule has 0 aliphatic carbocycles. The minimum atomic E-state index is -3.17. The van der Waals surface area contributed by atoms with Gasteiger partial charge in [0.25, 0.3) is 0 Å². The van der Waals surface area contributed by atoms with Crippen molar-refractivity contribution in [1.29, 1.82) is 0 Å². The molecule has 0 N–H and O–H groups in total. The molecule has 1 fully saturated rings. The summed E-state index contributed by atoms with van der Waals surface area (Å²) in [5, 5.41) is 0. The number of nitrogens with zero attached hydrogens (tertiary/aromatic N) is 1. The van der Waals surface area contributed by atoms with Crippen molar-refractivity contribution in [3.8, 4) is 0 Å². The Morgan fingerprint density at radius 2 is 1.58 bits per heavy atom. The minimum absolute atomic E-state index is 0.493. The van der Waals surface area contributed by atoms with E-state index >= 15 is 0 Å². The first kappa shape index (κ1) is 14.5. The van der Waals surface area contributed by atoms with Crippen molar-refractivity contribution in [3.05, 3.63) is 35.9 Å². The third-order valence-corrected chi connectivity index (χ3v) is 6.43. The Bertz CT molecular complexity index is 509. The van der Waals surface area contributed by atoms with E-state index in [1.165, 1.54) is 5.56 Å². The molecule has 4 heteroatoms. The first-order valence-corrected chi connectivity index (χ1v) is 8.31. The minimum Gasteiger partial charge on any atom is -0.212 e. The molecular weight excluding hydrogens is 258 g/mol. The molecule has 0 aromatic heterocycles. The molecule has 1 aliphatic heterocycles. The largest absolute Gasteiger partial charge is 0.219 e. The lowest BCUT2D eigenvalue weighted by molar-refractivity contribution is 0.312. The Hall–Kier alpha value is -0.870. The summed E-state index contributed by atoms with van der Waals surface area (Å²) in [7, 11) is -3.17.